The van der Waals surface area contributed by atoms with E-state index in [1.807, 2.05) is 0 Å². The Morgan fingerprint density at radius 1 is 1.37 bits per heavy atom. The number of hydrogen-bond donors (Lipinski definition) is 1. The van der Waals surface area contributed by atoms with Crippen LogP contribution in [0.25, 0.3) is 0 Å². The second kappa shape index (κ2) is 6.38. The largest absolute Gasteiger partial charge is 0.490 e. The molecule has 0 aliphatic heterocycles. The SMILES string of the molecule is CCC1CCCCC1Oc1ccc([C@H](C)O)c(F)c1. The van der Waals surface area contributed by atoms with Crippen molar-refractivity contribution in [3.63, 3.8) is 0 Å². The fraction of sp³-hybridized carbons (Fsp3) is 0.625. The lowest BCUT2D eigenvalue weighted by atomic mass is 9.85. The Morgan fingerprint density at radius 2 is 2.11 bits per heavy atom. The van der Waals surface area contributed by atoms with Crippen molar-refractivity contribution in [1.29, 1.82) is 0 Å². The van der Waals surface area contributed by atoms with E-state index in [2.05, 4.69) is 6.92 Å². The van der Waals surface area contributed by atoms with Gasteiger partial charge in [-0.2, -0.15) is 0 Å². The lowest BCUT2D eigenvalue weighted by Gasteiger charge is -2.31. The van der Waals surface area contributed by atoms with Gasteiger partial charge in [-0.3, -0.25) is 0 Å². The van der Waals surface area contributed by atoms with Crippen molar-refractivity contribution in [2.45, 2.75) is 58.2 Å². The molecule has 1 fully saturated rings. The minimum Gasteiger partial charge on any atom is -0.490 e. The topological polar surface area (TPSA) is 29.5 Å². The first-order valence-corrected chi connectivity index (χ1v) is 7.26. The molecule has 2 rings (SSSR count). The number of aliphatic hydroxyl groups excluding tert-OH is 1. The van der Waals surface area contributed by atoms with Gasteiger partial charge < -0.3 is 9.84 Å². The van der Waals surface area contributed by atoms with Gasteiger partial charge in [-0.25, -0.2) is 4.39 Å². The highest BCUT2D eigenvalue weighted by atomic mass is 19.1. The van der Waals surface area contributed by atoms with Crippen molar-refractivity contribution in [2.24, 2.45) is 5.92 Å². The second-order valence-electron chi connectivity index (χ2n) is 5.47. The van der Waals surface area contributed by atoms with Crippen LogP contribution in [0.4, 0.5) is 4.39 Å². The highest BCUT2D eigenvalue weighted by Gasteiger charge is 2.25. The Kier molecular flexibility index (Phi) is 4.81. The van der Waals surface area contributed by atoms with Crippen molar-refractivity contribution in [1.82, 2.24) is 0 Å². The summed E-state index contributed by atoms with van der Waals surface area (Å²) in [6.07, 6.45) is 5.25. The molecule has 19 heavy (non-hydrogen) atoms. The molecule has 0 heterocycles. The number of aliphatic hydroxyl groups is 1. The summed E-state index contributed by atoms with van der Waals surface area (Å²) in [4.78, 5) is 0. The number of rotatable bonds is 4. The first-order chi connectivity index (χ1) is 9.11. The van der Waals surface area contributed by atoms with Gasteiger partial charge in [0, 0.05) is 11.6 Å². The fourth-order valence-electron chi connectivity index (χ4n) is 2.89. The quantitative estimate of drug-likeness (QED) is 0.883. The van der Waals surface area contributed by atoms with Gasteiger partial charge in [-0.1, -0.05) is 13.3 Å². The summed E-state index contributed by atoms with van der Waals surface area (Å²) in [5, 5.41) is 9.42. The summed E-state index contributed by atoms with van der Waals surface area (Å²) in [5.74, 6) is 0.761. The van der Waals surface area contributed by atoms with E-state index in [-0.39, 0.29) is 6.10 Å². The molecule has 0 amide bonds. The summed E-state index contributed by atoms with van der Waals surface area (Å²) >= 11 is 0. The molecule has 0 spiro atoms. The van der Waals surface area contributed by atoms with Crippen LogP contribution in [-0.2, 0) is 0 Å². The molecule has 3 atom stereocenters. The molecule has 106 valence electrons. The Balaban J connectivity index is 2.08. The molecular formula is C16H23FO2. The van der Waals surface area contributed by atoms with Crippen LogP contribution in [0.3, 0.4) is 0 Å². The zero-order chi connectivity index (χ0) is 13.8. The summed E-state index contributed by atoms with van der Waals surface area (Å²) < 4.78 is 19.7. The van der Waals surface area contributed by atoms with E-state index in [0.717, 1.165) is 12.8 Å². The molecule has 1 saturated carbocycles. The highest BCUT2D eigenvalue weighted by Crippen LogP contribution is 2.31. The summed E-state index contributed by atoms with van der Waals surface area (Å²) in [7, 11) is 0. The van der Waals surface area contributed by atoms with E-state index in [9.17, 15) is 9.50 Å². The Hall–Kier alpha value is -1.09. The third-order valence-corrected chi connectivity index (χ3v) is 4.07. The van der Waals surface area contributed by atoms with Crippen LogP contribution in [0.15, 0.2) is 18.2 Å². The van der Waals surface area contributed by atoms with Crippen molar-refractivity contribution >= 4 is 0 Å². The van der Waals surface area contributed by atoms with Crippen LogP contribution in [0, 0.1) is 11.7 Å². The third-order valence-electron chi connectivity index (χ3n) is 4.07. The lowest BCUT2D eigenvalue weighted by molar-refractivity contribution is 0.0899. The molecule has 1 aliphatic carbocycles. The first-order valence-electron chi connectivity index (χ1n) is 7.26. The molecule has 0 radical (unpaired) electrons. The average Bonchev–Trinajstić information content (AvgIpc) is 2.39. The Labute approximate surface area is 114 Å². The summed E-state index contributed by atoms with van der Waals surface area (Å²) in [6.45, 7) is 3.75. The predicted octanol–water partition coefficient (Wildman–Crippen LogP) is 4.23. The fourth-order valence-corrected chi connectivity index (χ4v) is 2.89. The monoisotopic (exact) mass is 266 g/mol. The van der Waals surface area contributed by atoms with E-state index < -0.39 is 11.9 Å². The van der Waals surface area contributed by atoms with Crippen LogP contribution >= 0.6 is 0 Å². The molecule has 2 nitrogen and oxygen atoms in total. The average molecular weight is 266 g/mol. The van der Waals surface area contributed by atoms with E-state index in [0.29, 0.717) is 17.2 Å². The maximum Gasteiger partial charge on any atom is 0.132 e. The van der Waals surface area contributed by atoms with Crippen molar-refractivity contribution < 1.29 is 14.2 Å². The molecule has 3 heteroatoms. The van der Waals surface area contributed by atoms with E-state index in [1.165, 1.54) is 25.3 Å². The molecule has 1 aromatic carbocycles. The molecule has 1 N–H and O–H groups in total. The summed E-state index contributed by atoms with van der Waals surface area (Å²) in [6, 6.07) is 4.76. The van der Waals surface area contributed by atoms with Crippen LogP contribution in [0.2, 0.25) is 0 Å². The molecule has 0 saturated heterocycles. The van der Waals surface area contributed by atoms with Crippen molar-refractivity contribution in [3.8, 4) is 5.75 Å². The zero-order valence-electron chi connectivity index (χ0n) is 11.7. The minimum atomic E-state index is -0.785. The van der Waals surface area contributed by atoms with Gasteiger partial charge in [0.2, 0.25) is 0 Å². The normalized spacial score (nSPS) is 25.1. The predicted molar refractivity (Wildman–Crippen MR) is 73.7 cm³/mol. The molecule has 2 unspecified atom stereocenters. The van der Waals surface area contributed by atoms with Crippen LogP contribution in [0.5, 0.6) is 5.75 Å². The number of hydrogen-bond acceptors (Lipinski definition) is 2. The van der Waals surface area contributed by atoms with Gasteiger partial charge in [-0.15, -0.1) is 0 Å². The Morgan fingerprint density at radius 3 is 2.74 bits per heavy atom. The van der Waals surface area contributed by atoms with Gasteiger partial charge in [0.05, 0.1) is 6.10 Å². The van der Waals surface area contributed by atoms with Gasteiger partial charge in [0.1, 0.15) is 17.7 Å². The van der Waals surface area contributed by atoms with E-state index >= 15 is 0 Å². The second-order valence-corrected chi connectivity index (χ2v) is 5.47. The van der Waals surface area contributed by atoms with Gasteiger partial charge in [0.25, 0.3) is 0 Å². The van der Waals surface area contributed by atoms with Gasteiger partial charge >= 0.3 is 0 Å². The maximum atomic E-state index is 13.8. The lowest BCUT2D eigenvalue weighted by Crippen LogP contribution is -2.29. The van der Waals surface area contributed by atoms with Crippen LogP contribution in [-0.4, -0.2) is 11.2 Å². The van der Waals surface area contributed by atoms with Gasteiger partial charge in [0.15, 0.2) is 0 Å². The van der Waals surface area contributed by atoms with Crippen molar-refractivity contribution in [2.75, 3.05) is 0 Å². The minimum absolute atomic E-state index is 0.204. The molecule has 0 aromatic heterocycles. The van der Waals surface area contributed by atoms with Crippen LogP contribution < -0.4 is 4.74 Å². The number of halogens is 1. The molecular weight excluding hydrogens is 243 g/mol. The maximum absolute atomic E-state index is 13.8. The van der Waals surface area contributed by atoms with Crippen molar-refractivity contribution in [3.05, 3.63) is 29.6 Å². The third kappa shape index (κ3) is 3.47. The molecule has 1 aliphatic rings. The molecule has 1 aromatic rings. The summed E-state index contributed by atoms with van der Waals surface area (Å²) in [5.41, 5.74) is 0.322. The van der Waals surface area contributed by atoms with E-state index in [1.54, 1.807) is 19.1 Å². The van der Waals surface area contributed by atoms with Gasteiger partial charge in [-0.05, 0) is 50.7 Å². The Bertz CT molecular complexity index is 417. The smallest absolute Gasteiger partial charge is 0.132 e. The first kappa shape index (κ1) is 14.3. The molecule has 0 bridgehead atoms. The number of ether oxygens (including phenoxy) is 1. The van der Waals surface area contributed by atoms with Crippen LogP contribution in [0.1, 0.15) is 57.6 Å². The standard InChI is InChI=1S/C16H23FO2/c1-3-12-6-4-5-7-16(12)19-13-8-9-14(11(2)18)15(17)10-13/h8-12,16,18H,3-7H2,1-2H3/t11-,12?,16?/m0/s1. The zero-order valence-corrected chi connectivity index (χ0v) is 11.7. The van der Waals surface area contributed by atoms with E-state index in [4.69, 9.17) is 4.74 Å². The highest BCUT2D eigenvalue weighted by molar-refractivity contribution is 5.30. The number of benzene rings is 1.